The Balaban J connectivity index is 1.54. The van der Waals surface area contributed by atoms with E-state index in [0.717, 1.165) is 32.1 Å². The highest BCUT2D eigenvalue weighted by molar-refractivity contribution is 5.79. The van der Waals surface area contributed by atoms with E-state index < -0.39 is 0 Å². The first kappa shape index (κ1) is 21.3. The summed E-state index contributed by atoms with van der Waals surface area (Å²) in [6.07, 6.45) is 9.29. The van der Waals surface area contributed by atoms with Gasteiger partial charge in [0.25, 0.3) is 0 Å². The van der Waals surface area contributed by atoms with Crippen LogP contribution in [0.2, 0.25) is 0 Å². The highest BCUT2D eigenvalue weighted by Gasteiger charge is 2.63. The van der Waals surface area contributed by atoms with Gasteiger partial charge >= 0.3 is 5.97 Å². The minimum absolute atomic E-state index is 0.0373. The smallest absolute Gasteiger partial charge is 0.305 e. The molecule has 0 saturated heterocycles. The Hall–Kier alpha value is -0.900. The first-order chi connectivity index (χ1) is 13.7. The van der Waals surface area contributed by atoms with Crippen LogP contribution < -0.4 is 0 Å². The van der Waals surface area contributed by atoms with Gasteiger partial charge in [0.2, 0.25) is 0 Å². The van der Waals surface area contributed by atoms with E-state index in [-0.39, 0.29) is 22.9 Å². The fourth-order valence-corrected chi connectivity index (χ4v) is 8.62. The van der Waals surface area contributed by atoms with Crippen molar-refractivity contribution in [2.24, 2.45) is 46.3 Å². The Morgan fingerprint density at radius 2 is 1.97 bits per heavy atom. The van der Waals surface area contributed by atoms with Gasteiger partial charge in [-0.15, -0.1) is 0 Å². The molecule has 4 rings (SSSR count). The summed E-state index contributed by atoms with van der Waals surface area (Å²) in [5, 5.41) is 11.5. The second-order valence-corrected chi connectivity index (χ2v) is 11.3. The van der Waals surface area contributed by atoms with Crippen LogP contribution >= 0.6 is 0 Å². The summed E-state index contributed by atoms with van der Waals surface area (Å²) in [6, 6.07) is 0. The van der Waals surface area contributed by atoms with Gasteiger partial charge < -0.3 is 9.84 Å². The molecule has 0 aliphatic heterocycles. The lowest BCUT2D eigenvalue weighted by Crippen LogP contribution is -2.58. The Kier molecular flexibility index (Phi) is 5.63. The zero-order valence-electron chi connectivity index (χ0n) is 18.8. The van der Waals surface area contributed by atoms with Gasteiger partial charge in [0.05, 0.1) is 13.2 Å². The van der Waals surface area contributed by atoms with E-state index in [1.54, 1.807) is 0 Å². The van der Waals surface area contributed by atoms with Gasteiger partial charge in [-0.1, -0.05) is 20.8 Å². The van der Waals surface area contributed by atoms with E-state index in [4.69, 9.17) is 4.74 Å². The molecule has 4 aliphatic rings. The molecule has 0 aromatic carbocycles. The molecule has 0 aromatic rings. The lowest BCUT2D eigenvalue weighted by molar-refractivity contribution is -0.171. The summed E-state index contributed by atoms with van der Waals surface area (Å²) in [4.78, 5) is 23.7. The Bertz CT molecular complexity index is 659. The summed E-state index contributed by atoms with van der Waals surface area (Å²) in [7, 11) is 1.46. The number of esters is 1. The molecule has 1 N–H and O–H groups in total. The lowest BCUT2D eigenvalue weighted by Gasteiger charge is -2.62. The second-order valence-electron chi connectivity index (χ2n) is 11.3. The van der Waals surface area contributed by atoms with Gasteiger partial charge in [0.15, 0.2) is 0 Å². The molecule has 29 heavy (non-hydrogen) atoms. The number of hydrogen-bond donors (Lipinski definition) is 1. The van der Waals surface area contributed by atoms with Crippen molar-refractivity contribution < 1.29 is 19.4 Å². The van der Waals surface area contributed by atoms with E-state index in [2.05, 4.69) is 20.8 Å². The van der Waals surface area contributed by atoms with Crippen molar-refractivity contribution in [2.75, 3.05) is 7.11 Å². The van der Waals surface area contributed by atoms with Crippen molar-refractivity contribution in [1.82, 2.24) is 0 Å². The Morgan fingerprint density at radius 1 is 1.21 bits per heavy atom. The van der Waals surface area contributed by atoms with E-state index in [1.807, 2.05) is 0 Å². The number of ether oxygens (including phenoxy) is 1. The number of ketones is 1. The van der Waals surface area contributed by atoms with Crippen LogP contribution in [0, 0.1) is 46.3 Å². The number of hydrogen-bond acceptors (Lipinski definition) is 4. The zero-order chi connectivity index (χ0) is 21.0. The molecule has 164 valence electrons. The average Bonchev–Trinajstić information content (AvgIpc) is 3.06. The van der Waals surface area contributed by atoms with Crippen LogP contribution in [0.25, 0.3) is 0 Å². The third kappa shape index (κ3) is 3.28. The van der Waals surface area contributed by atoms with Crippen molar-refractivity contribution in [2.45, 2.75) is 91.1 Å². The van der Waals surface area contributed by atoms with Gasteiger partial charge in [-0.05, 0) is 91.3 Å². The molecule has 4 saturated carbocycles. The average molecular weight is 405 g/mol. The highest BCUT2D eigenvalue weighted by Crippen LogP contribution is 2.68. The molecule has 8 unspecified atom stereocenters. The predicted molar refractivity (Wildman–Crippen MR) is 112 cm³/mol. The van der Waals surface area contributed by atoms with Gasteiger partial charge in [-0.25, -0.2) is 0 Å². The van der Waals surface area contributed by atoms with Crippen LogP contribution in [0.1, 0.15) is 85.0 Å². The maximum atomic E-state index is 12.1. The molecular formula is C25H40O4. The zero-order valence-corrected chi connectivity index (χ0v) is 18.8. The largest absolute Gasteiger partial charge is 0.469 e. The number of carbonyl (C=O) groups excluding carboxylic acids is 2. The Morgan fingerprint density at radius 3 is 2.69 bits per heavy atom. The summed E-state index contributed by atoms with van der Waals surface area (Å²) in [6.45, 7) is 7.05. The number of aliphatic hydroxyl groups excluding tert-OH is 1. The lowest BCUT2D eigenvalue weighted by atomic mass is 9.44. The number of carbonyl (C=O) groups is 2. The molecule has 4 fully saturated rings. The van der Waals surface area contributed by atoms with Gasteiger partial charge in [-0.2, -0.15) is 0 Å². The van der Waals surface area contributed by atoms with Crippen molar-refractivity contribution in [1.29, 1.82) is 0 Å². The molecule has 0 amide bonds. The van der Waals surface area contributed by atoms with Crippen LogP contribution in [0.5, 0.6) is 0 Å². The first-order valence-electron chi connectivity index (χ1n) is 12.0. The van der Waals surface area contributed by atoms with Gasteiger partial charge in [-0.3, -0.25) is 9.59 Å². The molecule has 0 bridgehead atoms. The minimum atomic E-state index is -0.268. The number of methoxy groups -OCH3 is 1. The summed E-state index contributed by atoms with van der Waals surface area (Å²) < 4.78 is 4.84. The van der Waals surface area contributed by atoms with Gasteiger partial charge in [0.1, 0.15) is 5.78 Å². The molecule has 4 heteroatoms. The molecule has 0 aromatic heterocycles. The molecular weight excluding hydrogens is 364 g/mol. The van der Waals surface area contributed by atoms with E-state index in [1.165, 1.54) is 32.8 Å². The third-order valence-corrected chi connectivity index (χ3v) is 10.4. The number of fused-ring (bicyclic) bond motifs is 5. The van der Waals surface area contributed by atoms with Gasteiger partial charge in [0, 0.05) is 19.3 Å². The molecule has 0 radical (unpaired) electrons. The maximum absolute atomic E-state index is 12.1. The van der Waals surface area contributed by atoms with Crippen LogP contribution in [0.4, 0.5) is 0 Å². The monoisotopic (exact) mass is 404 g/mol. The number of Topliss-reactive ketones (excluding diaryl/α,β-unsaturated/α-hetero) is 1. The standard InChI is InChI=1S/C25H40O4/c1-15(5-10-23(28)29-4)19-8-9-20-18-7-6-16-13-17(26)11-12-24(16,2)21(18)14-22(27)25(19,20)3/h15-16,18-22,27H,5-14H2,1-4H3/t15?,16-,18?,19?,20?,21?,22?,24?,25?/m1/s1. The quantitative estimate of drug-likeness (QED) is 0.685. The number of aliphatic hydroxyl groups is 1. The molecule has 0 spiro atoms. The van der Waals surface area contributed by atoms with Crippen LogP contribution in [0.3, 0.4) is 0 Å². The maximum Gasteiger partial charge on any atom is 0.305 e. The second kappa shape index (κ2) is 7.66. The molecule has 4 nitrogen and oxygen atoms in total. The third-order valence-electron chi connectivity index (χ3n) is 10.4. The van der Waals surface area contributed by atoms with Crippen molar-refractivity contribution in [3.63, 3.8) is 0 Å². The SMILES string of the molecule is COC(=O)CCC(C)C1CCC2C3CC[C@@H]4CC(=O)CCC4(C)C3CC(O)C12C. The summed E-state index contributed by atoms with van der Waals surface area (Å²) >= 11 is 0. The van der Waals surface area contributed by atoms with Crippen molar-refractivity contribution in [3.05, 3.63) is 0 Å². The van der Waals surface area contributed by atoms with E-state index in [0.29, 0.717) is 47.7 Å². The van der Waals surface area contributed by atoms with E-state index >= 15 is 0 Å². The fourth-order valence-electron chi connectivity index (χ4n) is 8.62. The molecule has 4 aliphatic carbocycles. The van der Waals surface area contributed by atoms with Crippen LogP contribution in [-0.2, 0) is 14.3 Å². The van der Waals surface area contributed by atoms with Crippen molar-refractivity contribution in [3.8, 4) is 0 Å². The fraction of sp³-hybridized carbons (Fsp3) is 0.920. The normalized spacial score (nSPS) is 47.7. The number of rotatable bonds is 4. The highest BCUT2D eigenvalue weighted by atomic mass is 16.5. The molecule has 0 heterocycles. The van der Waals surface area contributed by atoms with Crippen molar-refractivity contribution >= 4 is 11.8 Å². The topological polar surface area (TPSA) is 63.6 Å². The Labute approximate surface area is 176 Å². The van der Waals surface area contributed by atoms with Crippen LogP contribution in [-0.4, -0.2) is 30.1 Å². The van der Waals surface area contributed by atoms with Crippen LogP contribution in [0.15, 0.2) is 0 Å². The summed E-state index contributed by atoms with van der Waals surface area (Å²) in [5.41, 5.74) is 0.193. The minimum Gasteiger partial charge on any atom is -0.469 e. The molecule has 9 atom stereocenters. The van der Waals surface area contributed by atoms with E-state index in [9.17, 15) is 14.7 Å². The first-order valence-corrected chi connectivity index (χ1v) is 12.0. The summed E-state index contributed by atoms with van der Waals surface area (Å²) in [5.74, 6) is 3.59. The predicted octanol–water partition coefficient (Wildman–Crippen LogP) is 4.77.